The molecule has 0 bridgehead atoms. The monoisotopic (exact) mass is 180 g/mol. The number of aromatic nitrogens is 1. The fourth-order valence-corrected chi connectivity index (χ4v) is 0.785. The number of ether oxygens (including phenoxy) is 1. The summed E-state index contributed by atoms with van der Waals surface area (Å²) in [5, 5.41) is 2.50. The zero-order valence-electron chi connectivity index (χ0n) is 7.65. The number of pyridine rings is 1. The molecule has 1 amide bonds. The van der Waals surface area contributed by atoms with Crippen LogP contribution in [0.25, 0.3) is 0 Å². The van der Waals surface area contributed by atoms with Crippen LogP contribution in [0.2, 0.25) is 0 Å². The van der Waals surface area contributed by atoms with Gasteiger partial charge in [-0.1, -0.05) is 6.07 Å². The van der Waals surface area contributed by atoms with E-state index in [-0.39, 0.29) is 6.10 Å². The molecule has 1 N–H and O–H groups in total. The van der Waals surface area contributed by atoms with Gasteiger partial charge in [0.2, 0.25) is 0 Å². The van der Waals surface area contributed by atoms with Crippen molar-refractivity contribution < 1.29 is 9.53 Å². The number of rotatable bonds is 2. The van der Waals surface area contributed by atoms with E-state index in [9.17, 15) is 4.79 Å². The third-order valence-electron chi connectivity index (χ3n) is 1.24. The average Bonchev–Trinajstić information content (AvgIpc) is 2.04. The van der Waals surface area contributed by atoms with Crippen LogP contribution in [0.1, 0.15) is 13.8 Å². The molecule has 13 heavy (non-hydrogen) atoms. The van der Waals surface area contributed by atoms with Crippen molar-refractivity contribution in [2.24, 2.45) is 0 Å². The lowest BCUT2D eigenvalue weighted by molar-refractivity contribution is 0.130. The van der Waals surface area contributed by atoms with E-state index in [1.54, 1.807) is 38.2 Å². The first-order valence-electron chi connectivity index (χ1n) is 4.07. The van der Waals surface area contributed by atoms with E-state index in [2.05, 4.69) is 10.3 Å². The van der Waals surface area contributed by atoms with Crippen molar-refractivity contribution >= 4 is 11.9 Å². The van der Waals surface area contributed by atoms with Gasteiger partial charge in [0.1, 0.15) is 5.82 Å². The largest absolute Gasteiger partial charge is 0.447 e. The summed E-state index contributed by atoms with van der Waals surface area (Å²) < 4.78 is 4.86. The summed E-state index contributed by atoms with van der Waals surface area (Å²) >= 11 is 0. The van der Waals surface area contributed by atoms with Crippen molar-refractivity contribution in [1.82, 2.24) is 4.98 Å². The smallest absolute Gasteiger partial charge is 0.413 e. The Morgan fingerprint density at radius 3 is 2.85 bits per heavy atom. The van der Waals surface area contributed by atoms with Crippen LogP contribution < -0.4 is 5.32 Å². The van der Waals surface area contributed by atoms with Crippen molar-refractivity contribution in [3.63, 3.8) is 0 Å². The zero-order valence-corrected chi connectivity index (χ0v) is 7.65. The Morgan fingerprint density at radius 1 is 1.54 bits per heavy atom. The maximum atomic E-state index is 11.0. The topological polar surface area (TPSA) is 51.2 Å². The van der Waals surface area contributed by atoms with Crippen LogP contribution in [0, 0.1) is 0 Å². The minimum Gasteiger partial charge on any atom is -0.447 e. The highest BCUT2D eigenvalue weighted by molar-refractivity contribution is 5.83. The molecule has 0 aromatic carbocycles. The van der Waals surface area contributed by atoms with Crippen molar-refractivity contribution in [1.29, 1.82) is 0 Å². The summed E-state index contributed by atoms with van der Waals surface area (Å²) in [6.45, 7) is 3.58. The molecule has 0 aliphatic heterocycles. The molecule has 0 radical (unpaired) electrons. The number of amides is 1. The molecular formula is C9H12N2O2. The first-order valence-corrected chi connectivity index (χ1v) is 4.07. The molecular weight excluding hydrogens is 168 g/mol. The second-order valence-electron chi connectivity index (χ2n) is 2.79. The van der Waals surface area contributed by atoms with E-state index in [1.807, 2.05) is 0 Å². The van der Waals surface area contributed by atoms with Crippen LogP contribution in [0.15, 0.2) is 24.4 Å². The molecule has 0 spiro atoms. The molecule has 4 nitrogen and oxygen atoms in total. The Labute approximate surface area is 76.9 Å². The van der Waals surface area contributed by atoms with Crippen LogP contribution in [0.3, 0.4) is 0 Å². The van der Waals surface area contributed by atoms with Crippen molar-refractivity contribution in [3.05, 3.63) is 24.4 Å². The third-order valence-corrected chi connectivity index (χ3v) is 1.24. The maximum absolute atomic E-state index is 11.0. The van der Waals surface area contributed by atoms with E-state index in [0.29, 0.717) is 5.82 Å². The Balaban J connectivity index is 2.46. The van der Waals surface area contributed by atoms with Gasteiger partial charge in [-0.2, -0.15) is 0 Å². The Kier molecular flexibility index (Phi) is 3.25. The van der Waals surface area contributed by atoms with Gasteiger partial charge in [0.15, 0.2) is 0 Å². The summed E-state index contributed by atoms with van der Waals surface area (Å²) in [6.07, 6.45) is 1.00. The highest BCUT2D eigenvalue weighted by Gasteiger charge is 2.04. The van der Waals surface area contributed by atoms with Gasteiger partial charge in [-0.25, -0.2) is 9.78 Å². The van der Waals surface area contributed by atoms with E-state index in [1.165, 1.54) is 0 Å². The fourth-order valence-electron chi connectivity index (χ4n) is 0.785. The summed E-state index contributed by atoms with van der Waals surface area (Å²) in [6, 6.07) is 5.26. The third kappa shape index (κ3) is 3.55. The molecule has 1 aromatic heterocycles. The number of anilines is 1. The van der Waals surface area contributed by atoms with Crippen molar-refractivity contribution in [2.45, 2.75) is 20.0 Å². The van der Waals surface area contributed by atoms with Crippen LogP contribution in [0.4, 0.5) is 10.6 Å². The molecule has 0 aliphatic rings. The maximum Gasteiger partial charge on any atom is 0.413 e. The Bertz CT molecular complexity index is 272. The molecule has 0 saturated heterocycles. The first-order chi connectivity index (χ1) is 6.18. The summed E-state index contributed by atoms with van der Waals surface area (Å²) in [5.41, 5.74) is 0. The Morgan fingerprint density at radius 2 is 2.31 bits per heavy atom. The number of carbonyl (C=O) groups is 1. The standard InChI is InChI=1S/C9H12N2O2/c1-7(2)13-9(12)11-8-5-3-4-6-10-8/h3-7H,1-2H3,(H,10,11,12). The minimum atomic E-state index is -0.478. The summed E-state index contributed by atoms with van der Waals surface area (Å²) in [4.78, 5) is 15.0. The molecule has 0 saturated carbocycles. The molecule has 0 atom stereocenters. The van der Waals surface area contributed by atoms with Gasteiger partial charge in [-0.15, -0.1) is 0 Å². The van der Waals surface area contributed by atoms with Gasteiger partial charge in [-0.05, 0) is 26.0 Å². The van der Waals surface area contributed by atoms with E-state index >= 15 is 0 Å². The zero-order chi connectivity index (χ0) is 9.68. The summed E-state index contributed by atoms with van der Waals surface area (Å²) in [7, 11) is 0. The average molecular weight is 180 g/mol. The number of hydrogen-bond acceptors (Lipinski definition) is 3. The van der Waals surface area contributed by atoms with Gasteiger partial charge in [0.25, 0.3) is 0 Å². The van der Waals surface area contributed by atoms with Crippen molar-refractivity contribution in [2.75, 3.05) is 5.32 Å². The molecule has 1 aromatic rings. The lowest BCUT2D eigenvalue weighted by Gasteiger charge is -2.08. The molecule has 0 aliphatic carbocycles. The molecule has 0 unspecified atom stereocenters. The van der Waals surface area contributed by atoms with Crippen molar-refractivity contribution in [3.8, 4) is 0 Å². The summed E-state index contributed by atoms with van der Waals surface area (Å²) in [5.74, 6) is 0.494. The highest BCUT2D eigenvalue weighted by atomic mass is 16.6. The van der Waals surface area contributed by atoms with Crippen LogP contribution in [0.5, 0.6) is 0 Å². The number of carbonyl (C=O) groups excluding carboxylic acids is 1. The van der Waals surface area contributed by atoms with Gasteiger partial charge in [-0.3, -0.25) is 5.32 Å². The lowest BCUT2D eigenvalue weighted by atomic mass is 10.5. The van der Waals surface area contributed by atoms with E-state index < -0.39 is 6.09 Å². The first kappa shape index (κ1) is 9.51. The Hall–Kier alpha value is -1.58. The molecule has 70 valence electrons. The van der Waals surface area contributed by atoms with Gasteiger partial charge >= 0.3 is 6.09 Å². The predicted molar refractivity (Wildman–Crippen MR) is 49.5 cm³/mol. The SMILES string of the molecule is CC(C)OC(=O)Nc1ccccn1. The molecule has 1 rings (SSSR count). The normalized spacial score (nSPS) is 9.77. The van der Waals surface area contributed by atoms with Crippen LogP contribution in [-0.4, -0.2) is 17.2 Å². The molecule has 0 fully saturated rings. The highest BCUT2D eigenvalue weighted by Crippen LogP contribution is 2.01. The lowest BCUT2D eigenvalue weighted by Crippen LogP contribution is -2.18. The van der Waals surface area contributed by atoms with Gasteiger partial charge in [0, 0.05) is 6.20 Å². The number of hydrogen-bond donors (Lipinski definition) is 1. The quantitative estimate of drug-likeness (QED) is 0.757. The van der Waals surface area contributed by atoms with E-state index in [4.69, 9.17) is 4.74 Å². The minimum absolute atomic E-state index is 0.122. The van der Waals surface area contributed by atoms with Gasteiger partial charge in [0.05, 0.1) is 6.10 Å². The second-order valence-corrected chi connectivity index (χ2v) is 2.79. The molecule has 1 heterocycles. The predicted octanol–water partition coefficient (Wildman–Crippen LogP) is 2.04. The number of nitrogens with zero attached hydrogens (tertiary/aromatic N) is 1. The molecule has 4 heteroatoms. The second kappa shape index (κ2) is 4.45. The number of nitrogens with one attached hydrogen (secondary N) is 1. The van der Waals surface area contributed by atoms with Gasteiger partial charge < -0.3 is 4.74 Å². The van der Waals surface area contributed by atoms with Crippen LogP contribution >= 0.6 is 0 Å². The van der Waals surface area contributed by atoms with Crippen LogP contribution in [-0.2, 0) is 4.74 Å². The fraction of sp³-hybridized carbons (Fsp3) is 0.333. The van der Waals surface area contributed by atoms with E-state index in [0.717, 1.165) is 0 Å².